The number of nitrogens with zero attached hydrogens (tertiary/aromatic N) is 1. The quantitative estimate of drug-likeness (QED) is 0.692. The number of likely N-dealkylation sites (tertiary alicyclic amines) is 1. The van der Waals surface area contributed by atoms with Crippen molar-refractivity contribution in [3.05, 3.63) is 35.4 Å². The van der Waals surface area contributed by atoms with Gasteiger partial charge in [0.1, 0.15) is 11.6 Å². The van der Waals surface area contributed by atoms with E-state index in [1.54, 1.807) is 0 Å². The smallest absolute Gasteiger partial charge is 0.251 e. The second kappa shape index (κ2) is 8.62. The fourth-order valence-electron chi connectivity index (χ4n) is 3.28. The summed E-state index contributed by atoms with van der Waals surface area (Å²) in [7, 11) is -3.13. The van der Waals surface area contributed by atoms with Gasteiger partial charge in [-0.2, -0.15) is 0 Å². The molecule has 150 valence electrons. The molecule has 1 heterocycles. The SMILES string of the molecule is O=C(NCC1CCN(CCNS(=O)(=O)C2CC2)CC1)c1cc(F)cc(F)c1. The first-order valence-electron chi connectivity index (χ1n) is 9.28. The van der Waals surface area contributed by atoms with Crippen LogP contribution in [0.3, 0.4) is 0 Å². The van der Waals surface area contributed by atoms with Crippen molar-refractivity contribution in [2.75, 3.05) is 32.7 Å². The lowest BCUT2D eigenvalue weighted by Crippen LogP contribution is -2.42. The highest BCUT2D eigenvalue weighted by Gasteiger charge is 2.35. The van der Waals surface area contributed by atoms with Crippen LogP contribution in [0, 0.1) is 17.6 Å². The van der Waals surface area contributed by atoms with Crippen LogP contribution in [0.5, 0.6) is 0 Å². The number of sulfonamides is 1. The number of hydrogen-bond acceptors (Lipinski definition) is 4. The van der Waals surface area contributed by atoms with Crippen molar-refractivity contribution < 1.29 is 22.0 Å². The van der Waals surface area contributed by atoms with Gasteiger partial charge in [-0.3, -0.25) is 4.79 Å². The Kier molecular flexibility index (Phi) is 6.44. The van der Waals surface area contributed by atoms with Crippen molar-refractivity contribution in [3.8, 4) is 0 Å². The summed E-state index contributed by atoms with van der Waals surface area (Å²) in [5, 5.41) is 2.54. The molecule has 0 radical (unpaired) electrons. The largest absolute Gasteiger partial charge is 0.352 e. The predicted molar refractivity (Wildman–Crippen MR) is 97.8 cm³/mol. The van der Waals surface area contributed by atoms with E-state index >= 15 is 0 Å². The minimum Gasteiger partial charge on any atom is -0.352 e. The van der Waals surface area contributed by atoms with E-state index in [1.807, 2.05) is 0 Å². The molecule has 2 fully saturated rings. The molecule has 0 bridgehead atoms. The van der Waals surface area contributed by atoms with Crippen molar-refractivity contribution in [1.82, 2.24) is 14.9 Å². The zero-order valence-electron chi connectivity index (χ0n) is 15.1. The first-order chi connectivity index (χ1) is 12.8. The highest BCUT2D eigenvalue weighted by Crippen LogP contribution is 2.27. The van der Waals surface area contributed by atoms with Gasteiger partial charge in [-0.15, -0.1) is 0 Å². The second-order valence-electron chi connectivity index (χ2n) is 7.29. The zero-order valence-corrected chi connectivity index (χ0v) is 15.9. The van der Waals surface area contributed by atoms with Crippen LogP contribution in [0.25, 0.3) is 0 Å². The minimum absolute atomic E-state index is 0.0205. The lowest BCUT2D eigenvalue weighted by atomic mass is 9.96. The maximum absolute atomic E-state index is 13.2. The molecule has 2 N–H and O–H groups in total. The van der Waals surface area contributed by atoms with Crippen molar-refractivity contribution in [1.29, 1.82) is 0 Å². The molecule has 1 aromatic carbocycles. The summed E-state index contributed by atoms with van der Waals surface area (Å²) in [5.74, 6) is -1.73. The maximum Gasteiger partial charge on any atom is 0.251 e. The third-order valence-electron chi connectivity index (χ3n) is 5.08. The number of hydrogen-bond donors (Lipinski definition) is 2. The number of amides is 1. The van der Waals surface area contributed by atoms with Gasteiger partial charge >= 0.3 is 0 Å². The predicted octanol–water partition coefficient (Wildman–Crippen LogP) is 1.49. The Morgan fingerprint density at radius 1 is 1.07 bits per heavy atom. The number of piperidine rings is 1. The van der Waals surface area contributed by atoms with Gasteiger partial charge in [-0.05, 0) is 56.8 Å². The fraction of sp³-hybridized carbons (Fsp3) is 0.611. The van der Waals surface area contributed by atoms with Gasteiger partial charge < -0.3 is 10.2 Å². The lowest BCUT2D eigenvalue weighted by molar-refractivity contribution is 0.0935. The van der Waals surface area contributed by atoms with Gasteiger partial charge in [0, 0.05) is 31.3 Å². The van der Waals surface area contributed by atoms with E-state index in [4.69, 9.17) is 0 Å². The standard InChI is InChI=1S/C18H25F2N3O3S/c19-15-9-14(10-16(20)11-15)18(24)21-12-13-3-6-23(7-4-13)8-5-22-27(25,26)17-1-2-17/h9-11,13,17,22H,1-8,12H2,(H,21,24). The van der Waals surface area contributed by atoms with E-state index < -0.39 is 27.6 Å². The van der Waals surface area contributed by atoms with E-state index in [2.05, 4.69) is 14.9 Å². The summed E-state index contributed by atoms with van der Waals surface area (Å²) < 4.78 is 52.6. The van der Waals surface area contributed by atoms with Crippen molar-refractivity contribution >= 4 is 15.9 Å². The number of benzene rings is 1. The van der Waals surface area contributed by atoms with Crippen LogP contribution in [0.1, 0.15) is 36.0 Å². The van der Waals surface area contributed by atoms with E-state index in [-0.39, 0.29) is 10.8 Å². The number of carbonyl (C=O) groups is 1. The molecular weight excluding hydrogens is 376 g/mol. The molecule has 2 aliphatic rings. The summed E-state index contributed by atoms with van der Waals surface area (Å²) >= 11 is 0. The average Bonchev–Trinajstić information content (AvgIpc) is 3.45. The lowest BCUT2D eigenvalue weighted by Gasteiger charge is -2.32. The number of rotatable bonds is 8. The van der Waals surface area contributed by atoms with E-state index in [9.17, 15) is 22.0 Å². The Morgan fingerprint density at radius 2 is 1.70 bits per heavy atom. The molecule has 0 unspecified atom stereocenters. The van der Waals surface area contributed by atoms with Crippen LogP contribution in [0.2, 0.25) is 0 Å². The van der Waals surface area contributed by atoms with Crippen molar-refractivity contribution in [2.45, 2.75) is 30.9 Å². The van der Waals surface area contributed by atoms with Gasteiger partial charge in [0.2, 0.25) is 10.0 Å². The summed E-state index contributed by atoms with van der Waals surface area (Å²) in [5.41, 5.74) is -0.0205. The maximum atomic E-state index is 13.2. The van der Waals surface area contributed by atoms with Gasteiger partial charge in [-0.1, -0.05) is 0 Å². The Labute approximate surface area is 158 Å². The van der Waals surface area contributed by atoms with Crippen molar-refractivity contribution in [3.63, 3.8) is 0 Å². The molecule has 3 rings (SSSR count). The van der Waals surface area contributed by atoms with Gasteiger partial charge in [-0.25, -0.2) is 21.9 Å². The Bertz CT molecular complexity index is 756. The molecule has 1 aliphatic heterocycles. The Balaban J connectivity index is 1.35. The van der Waals surface area contributed by atoms with Gasteiger partial charge in [0.15, 0.2) is 0 Å². The summed E-state index contributed by atoms with van der Waals surface area (Å²) in [6, 6.07) is 2.77. The molecule has 6 nitrogen and oxygen atoms in total. The van der Waals surface area contributed by atoms with E-state index in [0.717, 1.165) is 57.0 Å². The Morgan fingerprint density at radius 3 is 2.30 bits per heavy atom. The monoisotopic (exact) mass is 401 g/mol. The van der Waals surface area contributed by atoms with Crippen LogP contribution in [-0.2, 0) is 10.0 Å². The molecule has 1 amide bonds. The number of nitrogens with one attached hydrogen (secondary N) is 2. The van der Waals surface area contributed by atoms with Crippen LogP contribution in [-0.4, -0.2) is 57.2 Å². The average molecular weight is 401 g/mol. The van der Waals surface area contributed by atoms with Gasteiger partial charge in [0.05, 0.1) is 5.25 Å². The normalized spacial score (nSPS) is 19.2. The highest BCUT2D eigenvalue weighted by molar-refractivity contribution is 7.90. The van der Waals surface area contributed by atoms with Crippen LogP contribution in [0.4, 0.5) is 8.78 Å². The molecule has 1 saturated heterocycles. The third kappa shape index (κ3) is 5.95. The third-order valence-corrected chi connectivity index (χ3v) is 7.03. The van der Waals surface area contributed by atoms with E-state index in [0.29, 0.717) is 25.6 Å². The minimum atomic E-state index is -3.13. The van der Waals surface area contributed by atoms with Crippen LogP contribution < -0.4 is 10.0 Å². The molecule has 27 heavy (non-hydrogen) atoms. The molecule has 1 saturated carbocycles. The van der Waals surface area contributed by atoms with Crippen molar-refractivity contribution in [2.24, 2.45) is 5.92 Å². The van der Waals surface area contributed by atoms with E-state index in [1.165, 1.54) is 0 Å². The van der Waals surface area contributed by atoms with Crippen LogP contribution in [0.15, 0.2) is 18.2 Å². The molecule has 0 aromatic heterocycles. The first-order valence-corrected chi connectivity index (χ1v) is 10.8. The summed E-state index contributed by atoms with van der Waals surface area (Å²) in [6.07, 6.45) is 3.28. The topological polar surface area (TPSA) is 78.5 Å². The molecule has 9 heteroatoms. The molecule has 1 aliphatic carbocycles. The zero-order chi connectivity index (χ0) is 19.4. The highest BCUT2D eigenvalue weighted by atomic mass is 32.2. The molecular formula is C18H25F2N3O3S. The van der Waals surface area contributed by atoms with Gasteiger partial charge in [0.25, 0.3) is 5.91 Å². The molecule has 0 spiro atoms. The first kappa shape index (κ1) is 20.2. The number of carbonyl (C=O) groups excluding carboxylic acids is 1. The fourth-order valence-corrected chi connectivity index (χ4v) is 4.65. The molecule has 0 atom stereocenters. The second-order valence-corrected chi connectivity index (χ2v) is 9.34. The molecule has 1 aromatic rings. The number of halogens is 2. The summed E-state index contributed by atoms with van der Waals surface area (Å²) in [4.78, 5) is 14.2. The summed E-state index contributed by atoms with van der Waals surface area (Å²) in [6.45, 7) is 3.22. The Hall–Kier alpha value is -1.58. The van der Waals surface area contributed by atoms with Crippen LogP contribution >= 0.6 is 0 Å².